The van der Waals surface area contributed by atoms with Gasteiger partial charge in [-0.25, -0.2) is 0 Å². The zero-order valence-electron chi connectivity index (χ0n) is 8.92. The molecule has 1 aliphatic carbocycles. The lowest BCUT2D eigenvalue weighted by atomic mass is 9.92. The summed E-state index contributed by atoms with van der Waals surface area (Å²) < 4.78 is 0. The molecule has 0 unspecified atom stereocenters. The van der Waals surface area contributed by atoms with Crippen molar-refractivity contribution in [1.29, 1.82) is 0 Å². The number of hydrogen-bond acceptors (Lipinski definition) is 2. The fourth-order valence-electron chi connectivity index (χ4n) is 2.06. The maximum absolute atomic E-state index is 10.7. The Morgan fingerprint density at radius 1 is 1.15 bits per heavy atom. The van der Waals surface area contributed by atoms with E-state index in [0.717, 1.165) is 12.8 Å². The van der Waals surface area contributed by atoms with Crippen molar-refractivity contribution in [2.45, 2.75) is 64.5 Å². The second-order valence-corrected chi connectivity index (χ2v) is 4.89. The molecule has 0 spiro atoms. The first-order valence-corrected chi connectivity index (χ1v) is 5.18. The van der Waals surface area contributed by atoms with Gasteiger partial charge in [-0.05, 0) is 33.6 Å². The van der Waals surface area contributed by atoms with E-state index in [1.807, 2.05) is 20.8 Å². The molecule has 0 N–H and O–H groups in total. The molecule has 0 saturated heterocycles. The summed E-state index contributed by atoms with van der Waals surface area (Å²) in [5, 5.41) is 4.91. The molecule has 1 aliphatic rings. The van der Waals surface area contributed by atoms with Gasteiger partial charge in [-0.1, -0.05) is 19.3 Å². The van der Waals surface area contributed by atoms with Crippen molar-refractivity contribution in [2.75, 3.05) is 0 Å². The summed E-state index contributed by atoms with van der Waals surface area (Å²) in [6.07, 6.45) is 6.05. The minimum atomic E-state index is -0.121. The van der Waals surface area contributed by atoms with Crippen molar-refractivity contribution >= 4 is 0 Å². The smallest absolute Gasteiger partial charge is 0.0531 e. The Labute approximate surface area is 80.4 Å². The van der Waals surface area contributed by atoms with Gasteiger partial charge in [-0.2, -0.15) is 0 Å². The first kappa shape index (κ1) is 10.5. The molecule has 0 aromatic carbocycles. The fraction of sp³-hybridized carbons (Fsp3) is 1.00. The van der Waals surface area contributed by atoms with Crippen LogP contribution in [-0.4, -0.2) is 16.6 Å². The van der Waals surface area contributed by atoms with E-state index in [1.54, 1.807) is 5.01 Å². The van der Waals surface area contributed by atoms with E-state index in [4.69, 9.17) is 0 Å². The average Bonchev–Trinajstić information content (AvgIpc) is 2.05. The second-order valence-electron chi connectivity index (χ2n) is 4.89. The fourth-order valence-corrected chi connectivity index (χ4v) is 2.06. The number of hydrogen-bond donors (Lipinski definition) is 0. The lowest BCUT2D eigenvalue weighted by Crippen LogP contribution is -2.45. The third-order valence-electron chi connectivity index (χ3n) is 2.70. The first-order valence-electron chi connectivity index (χ1n) is 5.18. The highest BCUT2D eigenvalue weighted by molar-refractivity contribution is 4.82. The summed E-state index contributed by atoms with van der Waals surface area (Å²) in [7, 11) is 0. The van der Waals surface area contributed by atoms with Crippen LogP contribution in [0.2, 0.25) is 0 Å². The molecule has 0 aromatic rings. The van der Waals surface area contributed by atoms with Crippen LogP contribution >= 0.6 is 0 Å². The zero-order valence-corrected chi connectivity index (χ0v) is 8.92. The molecule has 0 heterocycles. The number of rotatable bonds is 2. The molecule has 3 heteroatoms. The highest BCUT2D eigenvalue weighted by Crippen LogP contribution is 2.28. The molecule has 13 heavy (non-hydrogen) atoms. The maximum atomic E-state index is 10.7. The Kier molecular flexibility index (Phi) is 3.28. The SMILES string of the molecule is CC(C)(C)N(N=O)C1CCCCC1. The van der Waals surface area contributed by atoms with Gasteiger partial charge < -0.3 is 0 Å². The van der Waals surface area contributed by atoms with Crippen LogP contribution in [0, 0.1) is 4.91 Å². The first-order chi connectivity index (χ1) is 6.05. The van der Waals surface area contributed by atoms with E-state index in [0.29, 0.717) is 6.04 Å². The van der Waals surface area contributed by atoms with Crippen LogP contribution in [-0.2, 0) is 0 Å². The van der Waals surface area contributed by atoms with E-state index < -0.39 is 0 Å². The molecule has 0 aliphatic heterocycles. The molecule has 1 fully saturated rings. The van der Waals surface area contributed by atoms with Gasteiger partial charge in [0.2, 0.25) is 0 Å². The molecule has 0 radical (unpaired) electrons. The van der Waals surface area contributed by atoms with E-state index in [1.165, 1.54) is 19.3 Å². The highest BCUT2D eigenvalue weighted by atomic mass is 16.3. The molecule has 0 amide bonds. The number of nitrogens with zero attached hydrogens (tertiary/aromatic N) is 2. The van der Waals surface area contributed by atoms with Crippen LogP contribution in [0.1, 0.15) is 52.9 Å². The van der Waals surface area contributed by atoms with Crippen molar-refractivity contribution in [3.8, 4) is 0 Å². The van der Waals surface area contributed by atoms with Gasteiger partial charge >= 0.3 is 0 Å². The Hall–Kier alpha value is -0.600. The van der Waals surface area contributed by atoms with Gasteiger partial charge in [0.25, 0.3) is 0 Å². The summed E-state index contributed by atoms with van der Waals surface area (Å²) in [6.45, 7) is 6.13. The molecule has 0 atom stereocenters. The van der Waals surface area contributed by atoms with E-state index in [2.05, 4.69) is 5.29 Å². The van der Waals surface area contributed by atoms with Crippen molar-refractivity contribution in [2.24, 2.45) is 5.29 Å². The van der Waals surface area contributed by atoms with Crippen molar-refractivity contribution in [3.63, 3.8) is 0 Å². The van der Waals surface area contributed by atoms with Gasteiger partial charge in [-0.3, -0.25) is 5.01 Å². The summed E-state index contributed by atoms with van der Waals surface area (Å²) in [5.74, 6) is 0. The Morgan fingerprint density at radius 3 is 2.08 bits per heavy atom. The monoisotopic (exact) mass is 184 g/mol. The second kappa shape index (κ2) is 4.07. The van der Waals surface area contributed by atoms with Crippen LogP contribution < -0.4 is 0 Å². The summed E-state index contributed by atoms with van der Waals surface area (Å²) in [4.78, 5) is 10.7. The van der Waals surface area contributed by atoms with E-state index in [9.17, 15) is 4.91 Å². The van der Waals surface area contributed by atoms with Crippen molar-refractivity contribution < 1.29 is 0 Å². The maximum Gasteiger partial charge on any atom is 0.0531 e. The summed E-state index contributed by atoms with van der Waals surface area (Å²) in [5.41, 5.74) is -0.121. The van der Waals surface area contributed by atoms with Gasteiger partial charge in [0.05, 0.1) is 16.9 Å². The van der Waals surface area contributed by atoms with Crippen molar-refractivity contribution in [1.82, 2.24) is 5.01 Å². The highest BCUT2D eigenvalue weighted by Gasteiger charge is 2.29. The zero-order chi connectivity index (χ0) is 9.90. The largest absolute Gasteiger partial charge is 0.253 e. The topological polar surface area (TPSA) is 32.7 Å². The summed E-state index contributed by atoms with van der Waals surface area (Å²) in [6, 6.07) is 0.381. The quantitative estimate of drug-likeness (QED) is 0.488. The minimum absolute atomic E-state index is 0.121. The van der Waals surface area contributed by atoms with Gasteiger partial charge in [0.15, 0.2) is 0 Å². The molecule has 0 aromatic heterocycles. The van der Waals surface area contributed by atoms with Crippen LogP contribution in [0.3, 0.4) is 0 Å². The van der Waals surface area contributed by atoms with Gasteiger partial charge in [0.1, 0.15) is 0 Å². The Balaban J connectivity index is 2.59. The Morgan fingerprint density at radius 2 is 1.69 bits per heavy atom. The van der Waals surface area contributed by atoms with Crippen LogP contribution in [0.15, 0.2) is 5.29 Å². The average molecular weight is 184 g/mol. The van der Waals surface area contributed by atoms with Crippen LogP contribution in [0.5, 0.6) is 0 Å². The lowest BCUT2D eigenvalue weighted by molar-refractivity contribution is 0.0616. The third-order valence-corrected chi connectivity index (χ3v) is 2.70. The molecule has 3 nitrogen and oxygen atoms in total. The van der Waals surface area contributed by atoms with Gasteiger partial charge in [-0.15, -0.1) is 4.91 Å². The van der Waals surface area contributed by atoms with Crippen LogP contribution in [0.4, 0.5) is 0 Å². The molecule has 1 rings (SSSR count). The predicted molar refractivity (Wildman–Crippen MR) is 54.3 cm³/mol. The lowest BCUT2D eigenvalue weighted by Gasteiger charge is -2.38. The summed E-state index contributed by atoms with van der Waals surface area (Å²) >= 11 is 0. The molecular weight excluding hydrogens is 164 g/mol. The number of nitroso groups, excluding NO2 is 1. The molecule has 76 valence electrons. The molecule has 0 bridgehead atoms. The van der Waals surface area contributed by atoms with E-state index >= 15 is 0 Å². The van der Waals surface area contributed by atoms with Crippen molar-refractivity contribution in [3.05, 3.63) is 4.91 Å². The predicted octanol–water partition coefficient (Wildman–Crippen LogP) is 3.10. The van der Waals surface area contributed by atoms with E-state index in [-0.39, 0.29) is 5.54 Å². The minimum Gasteiger partial charge on any atom is -0.253 e. The molecular formula is C10H20N2O. The third kappa shape index (κ3) is 2.68. The standard InChI is InChI=1S/C10H20N2O/c1-10(2,3)12(11-13)9-7-5-4-6-8-9/h9H,4-8H2,1-3H3. The van der Waals surface area contributed by atoms with Gasteiger partial charge in [0, 0.05) is 0 Å². The molecule has 1 saturated carbocycles. The normalized spacial score (nSPS) is 19.9. The Bertz CT molecular complexity index is 168. The van der Waals surface area contributed by atoms with Crippen LogP contribution in [0.25, 0.3) is 0 Å².